The molecule has 0 radical (unpaired) electrons. The number of amides is 3. The normalized spacial score (nSPS) is 21.7. The van der Waals surface area contributed by atoms with E-state index in [0.29, 0.717) is 12.8 Å². The molecule has 9 nitrogen and oxygen atoms in total. The number of alkyl carbamates (subject to hydrolysis) is 1. The fourth-order valence-corrected chi connectivity index (χ4v) is 3.80. The summed E-state index contributed by atoms with van der Waals surface area (Å²) >= 11 is 0. The van der Waals surface area contributed by atoms with E-state index in [0.717, 1.165) is 5.56 Å². The first-order valence-corrected chi connectivity index (χ1v) is 9.63. The van der Waals surface area contributed by atoms with Crippen LogP contribution >= 0.6 is 0 Å². The molecule has 1 aromatic rings. The van der Waals surface area contributed by atoms with Crippen LogP contribution in [-0.4, -0.2) is 45.7 Å². The molecule has 0 saturated heterocycles. The molecule has 0 unspecified atom stereocenters. The Balaban J connectivity index is 2.13. The lowest BCUT2D eigenvalue weighted by Gasteiger charge is -2.46. The molecule has 1 aromatic carbocycles. The van der Waals surface area contributed by atoms with Crippen molar-refractivity contribution in [1.29, 1.82) is 0 Å². The predicted molar refractivity (Wildman–Crippen MR) is 107 cm³/mol. The molecular weight excluding hydrogens is 376 g/mol. The highest BCUT2D eigenvalue weighted by Gasteiger charge is 2.43. The minimum absolute atomic E-state index is 0.115. The van der Waals surface area contributed by atoms with E-state index < -0.39 is 35.7 Å². The van der Waals surface area contributed by atoms with Crippen molar-refractivity contribution in [3.63, 3.8) is 0 Å². The standard InChI is InChI=1S/C20H30N4O5/c1-20(2,3)24(19(27)28)16-11-14(17(25)23-21)9-10-15(16)22-18(26)29-12-13-7-5-4-6-8-13/h4-8,14-16H,9-12,21H2,1-3H3,(H,22,26)(H,23,25)(H,27,28)/t14-,15-,16+/m0/s1. The third kappa shape index (κ3) is 6.08. The van der Waals surface area contributed by atoms with Gasteiger partial charge >= 0.3 is 12.2 Å². The molecule has 29 heavy (non-hydrogen) atoms. The van der Waals surface area contributed by atoms with Crippen molar-refractivity contribution in [2.45, 2.75) is 64.3 Å². The Morgan fingerprint density at radius 2 is 1.86 bits per heavy atom. The largest absolute Gasteiger partial charge is 0.465 e. The third-order valence-corrected chi connectivity index (χ3v) is 5.11. The van der Waals surface area contributed by atoms with Gasteiger partial charge in [-0.25, -0.2) is 15.4 Å². The number of carbonyl (C=O) groups excluding carboxylic acids is 2. The smallest absolute Gasteiger partial charge is 0.408 e. The maximum Gasteiger partial charge on any atom is 0.408 e. The second-order valence-corrected chi connectivity index (χ2v) is 8.22. The zero-order valence-electron chi connectivity index (χ0n) is 17.1. The Labute approximate surface area is 170 Å². The number of hydrazine groups is 1. The van der Waals surface area contributed by atoms with Gasteiger partial charge in [-0.3, -0.25) is 15.1 Å². The Morgan fingerprint density at radius 1 is 1.21 bits per heavy atom. The van der Waals surface area contributed by atoms with Crippen molar-refractivity contribution in [1.82, 2.24) is 15.6 Å². The maximum atomic E-state index is 12.3. The highest BCUT2D eigenvalue weighted by atomic mass is 16.5. The summed E-state index contributed by atoms with van der Waals surface area (Å²) in [6.45, 7) is 5.44. The highest BCUT2D eigenvalue weighted by Crippen LogP contribution is 2.32. The first-order valence-electron chi connectivity index (χ1n) is 9.63. The number of nitrogens with one attached hydrogen (secondary N) is 2. The molecule has 0 aromatic heterocycles. The molecule has 0 heterocycles. The van der Waals surface area contributed by atoms with E-state index in [4.69, 9.17) is 10.6 Å². The minimum Gasteiger partial charge on any atom is -0.465 e. The topological polar surface area (TPSA) is 134 Å². The molecule has 160 valence electrons. The molecule has 1 saturated carbocycles. The molecule has 0 aliphatic heterocycles. The first kappa shape index (κ1) is 22.5. The van der Waals surface area contributed by atoms with E-state index in [1.165, 1.54) is 4.90 Å². The van der Waals surface area contributed by atoms with Crippen LogP contribution in [0.4, 0.5) is 9.59 Å². The number of carbonyl (C=O) groups is 3. The average molecular weight is 406 g/mol. The lowest BCUT2D eigenvalue weighted by atomic mass is 9.80. The first-order chi connectivity index (χ1) is 13.6. The van der Waals surface area contributed by atoms with Crippen LogP contribution in [0, 0.1) is 5.92 Å². The van der Waals surface area contributed by atoms with Gasteiger partial charge in [0.05, 0.1) is 12.1 Å². The van der Waals surface area contributed by atoms with Crippen LogP contribution in [0.25, 0.3) is 0 Å². The number of nitrogens with zero attached hydrogens (tertiary/aromatic N) is 1. The average Bonchev–Trinajstić information content (AvgIpc) is 2.66. The van der Waals surface area contributed by atoms with Crippen molar-refractivity contribution in [3.05, 3.63) is 35.9 Å². The summed E-state index contributed by atoms with van der Waals surface area (Å²) in [5, 5.41) is 12.6. The van der Waals surface area contributed by atoms with Gasteiger partial charge in [0.15, 0.2) is 0 Å². The number of nitrogens with two attached hydrogens (primary N) is 1. The molecule has 3 atom stereocenters. The highest BCUT2D eigenvalue weighted by molar-refractivity contribution is 5.78. The second-order valence-electron chi connectivity index (χ2n) is 8.22. The lowest BCUT2D eigenvalue weighted by molar-refractivity contribution is -0.127. The molecule has 1 fully saturated rings. The fourth-order valence-electron chi connectivity index (χ4n) is 3.80. The van der Waals surface area contributed by atoms with Gasteiger partial charge in [-0.05, 0) is 45.6 Å². The number of hydrogen-bond acceptors (Lipinski definition) is 5. The molecule has 3 amide bonds. The number of rotatable bonds is 5. The molecule has 5 N–H and O–H groups in total. The quantitative estimate of drug-likeness (QED) is 0.336. The van der Waals surface area contributed by atoms with E-state index >= 15 is 0 Å². The molecule has 0 bridgehead atoms. The van der Waals surface area contributed by atoms with Crippen LogP contribution in [0.5, 0.6) is 0 Å². The summed E-state index contributed by atoms with van der Waals surface area (Å²) in [5.41, 5.74) is 2.27. The predicted octanol–water partition coefficient (Wildman–Crippen LogP) is 2.22. The van der Waals surface area contributed by atoms with Gasteiger partial charge in [0.1, 0.15) is 6.61 Å². The van der Waals surface area contributed by atoms with Gasteiger partial charge in [-0.15, -0.1) is 0 Å². The third-order valence-electron chi connectivity index (χ3n) is 5.11. The summed E-state index contributed by atoms with van der Waals surface area (Å²) < 4.78 is 5.29. The zero-order valence-corrected chi connectivity index (χ0v) is 17.1. The molecule has 2 rings (SSSR count). The van der Waals surface area contributed by atoms with Gasteiger partial charge in [-0.2, -0.15) is 0 Å². The molecule has 9 heteroatoms. The van der Waals surface area contributed by atoms with E-state index in [-0.39, 0.29) is 18.9 Å². The number of ether oxygens (including phenoxy) is 1. The van der Waals surface area contributed by atoms with Gasteiger partial charge in [-0.1, -0.05) is 30.3 Å². The van der Waals surface area contributed by atoms with E-state index in [2.05, 4.69) is 10.7 Å². The van der Waals surface area contributed by atoms with Crippen LogP contribution < -0.4 is 16.6 Å². The van der Waals surface area contributed by atoms with E-state index in [1.807, 2.05) is 30.3 Å². The van der Waals surface area contributed by atoms with Crippen molar-refractivity contribution in [2.75, 3.05) is 0 Å². The van der Waals surface area contributed by atoms with Gasteiger partial charge in [0, 0.05) is 11.5 Å². The van der Waals surface area contributed by atoms with Gasteiger partial charge < -0.3 is 15.2 Å². The van der Waals surface area contributed by atoms with Crippen LogP contribution in [0.15, 0.2) is 30.3 Å². The number of carboxylic acid groups (broad SMARTS) is 1. The summed E-state index contributed by atoms with van der Waals surface area (Å²) in [4.78, 5) is 37.7. The van der Waals surface area contributed by atoms with E-state index in [1.54, 1.807) is 20.8 Å². The minimum atomic E-state index is -1.11. The van der Waals surface area contributed by atoms with Crippen molar-refractivity contribution in [3.8, 4) is 0 Å². The fraction of sp³-hybridized carbons (Fsp3) is 0.550. The van der Waals surface area contributed by atoms with E-state index in [9.17, 15) is 19.5 Å². The lowest BCUT2D eigenvalue weighted by Crippen LogP contribution is -2.62. The number of benzene rings is 1. The SMILES string of the molecule is CC(C)(C)N(C(=O)O)[C@@H]1C[C@@H](C(=O)NN)CC[C@@H]1NC(=O)OCc1ccccc1. The van der Waals surface area contributed by atoms with Crippen molar-refractivity contribution in [2.24, 2.45) is 11.8 Å². The van der Waals surface area contributed by atoms with Crippen molar-refractivity contribution >= 4 is 18.1 Å². The van der Waals surface area contributed by atoms with Gasteiger partial charge in [0.25, 0.3) is 0 Å². The monoisotopic (exact) mass is 406 g/mol. The molecule has 1 aliphatic carbocycles. The number of hydrogen-bond donors (Lipinski definition) is 4. The Morgan fingerprint density at radius 3 is 2.41 bits per heavy atom. The summed E-state index contributed by atoms with van der Waals surface area (Å²) in [6, 6.07) is 8.20. The summed E-state index contributed by atoms with van der Waals surface area (Å²) in [5.74, 6) is 4.50. The van der Waals surface area contributed by atoms with Crippen LogP contribution in [0.2, 0.25) is 0 Å². The van der Waals surface area contributed by atoms with Crippen LogP contribution in [0.3, 0.4) is 0 Å². The van der Waals surface area contributed by atoms with Crippen LogP contribution in [0.1, 0.15) is 45.6 Å². The molecular formula is C20H30N4O5. The second kappa shape index (κ2) is 9.60. The van der Waals surface area contributed by atoms with Crippen LogP contribution in [-0.2, 0) is 16.1 Å². The van der Waals surface area contributed by atoms with Gasteiger partial charge in [0.2, 0.25) is 5.91 Å². The summed E-state index contributed by atoms with van der Waals surface area (Å²) in [6.07, 6.45) is -0.550. The molecule has 0 spiro atoms. The Bertz CT molecular complexity index is 719. The van der Waals surface area contributed by atoms with Crippen molar-refractivity contribution < 1.29 is 24.2 Å². The zero-order chi connectivity index (χ0) is 21.6. The Kier molecular flexibility index (Phi) is 7.44. The summed E-state index contributed by atoms with van der Waals surface area (Å²) in [7, 11) is 0. The Hall–Kier alpha value is -2.81. The maximum absolute atomic E-state index is 12.3. The molecule has 1 aliphatic rings.